The number of ether oxygens (including phenoxy) is 1. The summed E-state index contributed by atoms with van der Waals surface area (Å²) < 4.78 is 5.88. The molecule has 0 N–H and O–H groups in total. The molecule has 0 spiro atoms. The zero-order chi connectivity index (χ0) is 20.2. The minimum atomic E-state index is 0.0102. The number of piperidine rings is 1. The maximum atomic E-state index is 13.5. The molecule has 7 nitrogen and oxygen atoms in total. The first kappa shape index (κ1) is 19.1. The summed E-state index contributed by atoms with van der Waals surface area (Å²) in [5.41, 5.74) is 2.35. The quantitative estimate of drug-likeness (QED) is 0.667. The van der Waals surface area contributed by atoms with Gasteiger partial charge in [0, 0.05) is 30.8 Å². The number of likely N-dealkylation sites (tertiary alicyclic amines) is 1. The molecule has 0 unspecified atom stereocenters. The second-order valence-electron chi connectivity index (χ2n) is 7.46. The highest BCUT2D eigenvalue weighted by molar-refractivity contribution is 5.98. The highest BCUT2D eigenvalue weighted by atomic mass is 16.5. The van der Waals surface area contributed by atoms with Crippen LogP contribution in [0.5, 0.6) is 5.88 Å². The number of rotatable bonds is 5. The van der Waals surface area contributed by atoms with Gasteiger partial charge in [-0.15, -0.1) is 0 Å². The molecule has 1 aliphatic rings. The van der Waals surface area contributed by atoms with Crippen molar-refractivity contribution in [3.05, 3.63) is 66.1 Å². The van der Waals surface area contributed by atoms with Gasteiger partial charge in [-0.2, -0.15) is 15.0 Å². The first-order valence-electron chi connectivity index (χ1n) is 9.95. The lowest BCUT2D eigenvalue weighted by Gasteiger charge is -2.39. The van der Waals surface area contributed by atoms with Crippen LogP contribution in [-0.2, 0) is 0 Å². The maximum Gasteiger partial charge on any atom is 0.256 e. The van der Waals surface area contributed by atoms with Crippen LogP contribution in [0.4, 0.5) is 0 Å². The molecule has 0 aliphatic carbocycles. The largest absolute Gasteiger partial charge is 0.477 e. The molecule has 1 fully saturated rings. The highest BCUT2D eigenvalue weighted by Gasteiger charge is 2.33. The fourth-order valence-electron chi connectivity index (χ4n) is 3.85. The zero-order valence-electron chi connectivity index (χ0n) is 16.7. The van der Waals surface area contributed by atoms with Gasteiger partial charge < -0.3 is 9.64 Å². The van der Waals surface area contributed by atoms with Crippen LogP contribution >= 0.6 is 0 Å². The summed E-state index contributed by atoms with van der Waals surface area (Å²) in [5, 5.41) is 8.42. The third kappa shape index (κ3) is 4.13. The van der Waals surface area contributed by atoms with Crippen LogP contribution in [0.25, 0.3) is 5.69 Å². The Morgan fingerprint density at radius 3 is 2.76 bits per heavy atom. The number of nitrogens with zero attached hydrogens (tertiary/aromatic N) is 5. The van der Waals surface area contributed by atoms with E-state index < -0.39 is 0 Å². The lowest BCUT2D eigenvalue weighted by Crippen LogP contribution is -2.48. The summed E-state index contributed by atoms with van der Waals surface area (Å²) >= 11 is 0. The van der Waals surface area contributed by atoms with E-state index in [4.69, 9.17) is 4.74 Å². The standard InChI is InChI=1S/C22H25N5O2/c1-16-8-9-20(27-24-11-12-25-27)19(14-16)22(28)26-13-5-6-18(17(26)2)15-29-21-7-3-4-10-23-21/h3-4,7-12,14,17-18H,5-6,13,15H2,1-2H3/t17-,18-/m0/s1. The average Bonchev–Trinajstić information content (AvgIpc) is 3.28. The molecular formula is C22H25N5O2. The minimum Gasteiger partial charge on any atom is -0.477 e. The summed E-state index contributed by atoms with van der Waals surface area (Å²) in [4.78, 5) is 21.2. The predicted octanol–water partition coefficient (Wildman–Crippen LogP) is 3.29. The molecule has 150 valence electrons. The number of amides is 1. The molecule has 1 saturated heterocycles. The molecule has 7 heteroatoms. The van der Waals surface area contributed by atoms with E-state index in [0.717, 1.165) is 24.9 Å². The van der Waals surface area contributed by atoms with E-state index in [0.29, 0.717) is 23.7 Å². The number of pyridine rings is 1. The van der Waals surface area contributed by atoms with E-state index in [2.05, 4.69) is 22.1 Å². The minimum absolute atomic E-state index is 0.0102. The van der Waals surface area contributed by atoms with Crippen molar-refractivity contribution < 1.29 is 9.53 Å². The molecule has 1 aliphatic heterocycles. The van der Waals surface area contributed by atoms with Gasteiger partial charge >= 0.3 is 0 Å². The van der Waals surface area contributed by atoms with Gasteiger partial charge in [-0.1, -0.05) is 17.7 Å². The summed E-state index contributed by atoms with van der Waals surface area (Å²) in [7, 11) is 0. The van der Waals surface area contributed by atoms with Gasteiger partial charge in [-0.25, -0.2) is 4.98 Å². The Labute approximate surface area is 170 Å². The molecule has 4 rings (SSSR count). The third-order valence-electron chi connectivity index (χ3n) is 5.51. The van der Waals surface area contributed by atoms with Crippen LogP contribution in [0.3, 0.4) is 0 Å². The van der Waals surface area contributed by atoms with Crippen molar-refractivity contribution in [3.8, 4) is 11.6 Å². The first-order valence-corrected chi connectivity index (χ1v) is 9.95. The van der Waals surface area contributed by atoms with E-state index in [1.165, 1.54) is 4.80 Å². The number of hydrogen-bond donors (Lipinski definition) is 0. The normalized spacial score (nSPS) is 19.2. The summed E-state index contributed by atoms with van der Waals surface area (Å²) in [6, 6.07) is 11.5. The van der Waals surface area contributed by atoms with Crippen LogP contribution in [0.2, 0.25) is 0 Å². The van der Waals surface area contributed by atoms with E-state index in [1.807, 2.05) is 48.2 Å². The number of carbonyl (C=O) groups is 1. The first-order chi connectivity index (χ1) is 14.1. The van der Waals surface area contributed by atoms with Crippen molar-refractivity contribution in [1.82, 2.24) is 24.9 Å². The molecule has 0 saturated carbocycles. The third-order valence-corrected chi connectivity index (χ3v) is 5.51. The molecule has 2 atom stereocenters. The van der Waals surface area contributed by atoms with Crippen molar-refractivity contribution in [2.24, 2.45) is 5.92 Å². The number of benzene rings is 1. The van der Waals surface area contributed by atoms with Gasteiger partial charge in [-0.05, 0) is 44.9 Å². The zero-order valence-corrected chi connectivity index (χ0v) is 16.7. The second-order valence-corrected chi connectivity index (χ2v) is 7.46. The van der Waals surface area contributed by atoms with Crippen LogP contribution in [0.15, 0.2) is 55.0 Å². The van der Waals surface area contributed by atoms with Crippen molar-refractivity contribution >= 4 is 5.91 Å². The topological polar surface area (TPSA) is 73.1 Å². The molecule has 29 heavy (non-hydrogen) atoms. The number of hydrogen-bond acceptors (Lipinski definition) is 5. The smallest absolute Gasteiger partial charge is 0.256 e. The monoisotopic (exact) mass is 391 g/mol. The van der Waals surface area contributed by atoms with Gasteiger partial charge in [0.15, 0.2) is 0 Å². The van der Waals surface area contributed by atoms with Crippen LogP contribution in [0, 0.1) is 12.8 Å². The van der Waals surface area contributed by atoms with Crippen molar-refractivity contribution in [1.29, 1.82) is 0 Å². The molecule has 3 heterocycles. The highest BCUT2D eigenvalue weighted by Crippen LogP contribution is 2.27. The summed E-state index contributed by atoms with van der Waals surface area (Å²) in [5.74, 6) is 0.885. The Morgan fingerprint density at radius 2 is 2.00 bits per heavy atom. The van der Waals surface area contributed by atoms with Gasteiger partial charge in [0.05, 0.1) is 30.3 Å². The van der Waals surface area contributed by atoms with Crippen molar-refractivity contribution in [3.63, 3.8) is 0 Å². The van der Waals surface area contributed by atoms with Gasteiger partial charge in [0.25, 0.3) is 5.91 Å². The number of aryl methyl sites for hydroxylation is 1. The Kier molecular flexibility index (Phi) is 5.55. The lowest BCUT2D eigenvalue weighted by molar-refractivity contribution is 0.0448. The maximum absolute atomic E-state index is 13.5. The Balaban J connectivity index is 1.53. The molecular weight excluding hydrogens is 366 g/mol. The van der Waals surface area contributed by atoms with E-state index in [1.54, 1.807) is 18.6 Å². The SMILES string of the molecule is Cc1ccc(-n2nccn2)c(C(=O)N2CCC[C@@H](COc3ccccn3)[C@@H]2C)c1. The Hall–Kier alpha value is -3.22. The fourth-order valence-corrected chi connectivity index (χ4v) is 3.85. The molecule has 1 amide bonds. The van der Waals surface area contributed by atoms with Crippen LogP contribution < -0.4 is 4.74 Å². The van der Waals surface area contributed by atoms with Gasteiger partial charge in [0.2, 0.25) is 5.88 Å². The van der Waals surface area contributed by atoms with Gasteiger partial charge in [-0.3, -0.25) is 4.79 Å². The van der Waals surface area contributed by atoms with Crippen molar-refractivity contribution in [2.75, 3.05) is 13.2 Å². The van der Waals surface area contributed by atoms with E-state index in [-0.39, 0.29) is 17.9 Å². The number of aromatic nitrogens is 4. The average molecular weight is 391 g/mol. The van der Waals surface area contributed by atoms with Crippen LogP contribution in [-0.4, -0.2) is 50.0 Å². The van der Waals surface area contributed by atoms with E-state index in [9.17, 15) is 4.79 Å². The Bertz CT molecular complexity index is 959. The van der Waals surface area contributed by atoms with Crippen LogP contribution in [0.1, 0.15) is 35.7 Å². The molecule has 3 aromatic rings. The van der Waals surface area contributed by atoms with Gasteiger partial charge in [0.1, 0.15) is 0 Å². The summed E-state index contributed by atoms with van der Waals surface area (Å²) in [6.07, 6.45) is 6.93. The molecule has 0 bridgehead atoms. The Morgan fingerprint density at radius 1 is 1.17 bits per heavy atom. The molecule has 2 aromatic heterocycles. The van der Waals surface area contributed by atoms with E-state index >= 15 is 0 Å². The van der Waals surface area contributed by atoms with Crippen molar-refractivity contribution in [2.45, 2.75) is 32.7 Å². The molecule has 1 aromatic carbocycles. The second kappa shape index (κ2) is 8.43. The number of carbonyl (C=O) groups excluding carboxylic acids is 1. The predicted molar refractivity (Wildman–Crippen MR) is 109 cm³/mol. The fraction of sp³-hybridized carbons (Fsp3) is 0.364. The summed E-state index contributed by atoms with van der Waals surface area (Å²) in [6.45, 7) is 5.37. The molecule has 0 radical (unpaired) electrons. The lowest BCUT2D eigenvalue weighted by atomic mass is 9.90.